The number of amides is 2. The zero-order valence-electron chi connectivity index (χ0n) is 20.6. The molecule has 0 saturated carbocycles. The summed E-state index contributed by atoms with van der Waals surface area (Å²) < 4.78 is 16.3. The van der Waals surface area contributed by atoms with Crippen molar-refractivity contribution in [3.8, 4) is 11.5 Å². The molecule has 34 heavy (non-hydrogen) atoms. The molecule has 1 fully saturated rings. The molecule has 0 aromatic heterocycles. The molecule has 2 N–H and O–H groups in total. The van der Waals surface area contributed by atoms with E-state index in [1.165, 1.54) is 0 Å². The highest BCUT2D eigenvalue weighted by Crippen LogP contribution is 2.35. The minimum Gasteiger partial charge on any atom is -0.497 e. The fourth-order valence-corrected chi connectivity index (χ4v) is 4.27. The van der Waals surface area contributed by atoms with E-state index in [2.05, 4.69) is 22.8 Å². The number of benzene rings is 2. The molecule has 1 heterocycles. The Kier molecular flexibility index (Phi) is 8.93. The van der Waals surface area contributed by atoms with Gasteiger partial charge in [0.05, 0.1) is 13.7 Å². The Balaban J connectivity index is 1.69. The van der Waals surface area contributed by atoms with Crippen LogP contribution in [0, 0.1) is 5.92 Å². The van der Waals surface area contributed by atoms with E-state index >= 15 is 0 Å². The zero-order chi connectivity index (χ0) is 24.6. The van der Waals surface area contributed by atoms with E-state index in [0.29, 0.717) is 37.7 Å². The lowest BCUT2D eigenvalue weighted by Gasteiger charge is -2.38. The van der Waals surface area contributed by atoms with Gasteiger partial charge in [0.25, 0.3) is 5.91 Å². The van der Waals surface area contributed by atoms with Crippen LogP contribution >= 0.6 is 0 Å². The molecule has 2 aromatic carbocycles. The van der Waals surface area contributed by atoms with Gasteiger partial charge in [0.1, 0.15) is 17.5 Å². The lowest BCUT2D eigenvalue weighted by Crippen LogP contribution is -2.53. The van der Waals surface area contributed by atoms with Gasteiger partial charge in [-0.1, -0.05) is 26.0 Å². The molecule has 1 atom stereocenters. The minimum absolute atomic E-state index is 0.0710. The van der Waals surface area contributed by atoms with Gasteiger partial charge in [-0.05, 0) is 67.6 Å². The average molecular weight is 469 g/mol. The van der Waals surface area contributed by atoms with Gasteiger partial charge in [0.15, 0.2) is 0 Å². The molecule has 184 valence electrons. The summed E-state index contributed by atoms with van der Waals surface area (Å²) in [6.07, 6.45) is 1.62. The molecule has 2 aromatic rings. The quantitative estimate of drug-likeness (QED) is 0.555. The van der Waals surface area contributed by atoms with Crippen molar-refractivity contribution in [2.45, 2.75) is 45.1 Å². The molecule has 0 radical (unpaired) electrons. The maximum Gasteiger partial charge on any atom is 0.251 e. The molecule has 3 rings (SSSR count). The predicted molar refractivity (Wildman–Crippen MR) is 131 cm³/mol. The third-order valence-corrected chi connectivity index (χ3v) is 6.42. The van der Waals surface area contributed by atoms with Gasteiger partial charge in [0.2, 0.25) is 5.91 Å². The van der Waals surface area contributed by atoms with Gasteiger partial charge in [0, 0.05) is 30.7 Å². The van der Waals surface area contributed by atoms with Crippen LogP contribution in [0.5, 0.6) is 11.5 Å². The van der Waals surface area contributed by atoms with E-state index in [-0.39, 0.29) is 23.1 Å². The summed E-state index contributed by atoms with van der Waals surface area (Å²) in [6, 6.07) is 14.3. The van der Waals surface area contributed by atoms with E-state index in [1.54, 1.807) is 31.4 Å². The van der Waals surface area contributed by atoms with Crippen molar-refractivity contribution < 1.29 is 23.8 Å². The SMILES string of the molecule is CCOc1ccc(C(=O)NC(C(=O)NCC2(c3ccc(OC)cc3)CCOCC2)C(C)C)cc1. The van der Waals surface area contributed by atoms with Crippen molar-refractivity contribution in [2.24, 2.45) is 5.92 Å². The van der Waals surface area contributed by atoms with Crippen LogP contribution in [0.15, 0.2) is 48.5 Å². The largest absolute Gasteiger partial charge is 0.497 e. The molecule has 7 nitrogen and oxygen atoms in total. The Bertz CT molecular complexity index is 934. The van der Waals surface area contributed by atoms with Gasteiger partial charge in [-0.25, -0.2) is 0 Å². The first-order valence-electron chi connectivity index (χ1n) is 11.9. The molecule has 1 aliphatic heterocycles. The molecular weight excluding hydrogens is 432 g/mol. The molecule has 0 aliphatic carbocycles. The second-order valence-corrected chi connectivity index (χ2v) is 8.99. The van der Waals surface area contributed by atoms with Crippen LogP contribution in [0.4, 0.5) is 0 Å². The first-order chi connectivity index (χ1) is 16.4. The number of nitrogens with one attached hydrogen (secondary N) is 2. The number of methoxy groups -OCH3 is 1. The zero-order valence-corrected chi connectivity index (χ0v) is 20.6. The van der Waals surface area contributed by atoms with Crippen LogP contribution in [0.2, 0.25) is 0 Å². The topological polar surface area (TPSA) is 85.9 Å². The van der Waals surface area contributed by atoms with Gasteiger partial charge in [-0.3, -0.25) is 9.59 Å². The minimum atomic E-state index is -0.646. The summed E-state index contributed by atoms with van der Waals surface area (Å²) >= 11 is 0. The van der Waals surface area contributed by atoms with Crippen LogP contribution < -0.4 is 20.1 Å². The number of hydrogen-bond donors (Lipinski definition) is 2. The van der Waals surface area contributed by atoms with Crippen LogP contribution in [0.1, 0.15) is 49.5 Å². The van der Waals surface area contributed by atoms with E-state index in [9.17, 15) is 9.59 Å². The predicted octanol–water partition coefficient (Wildman–Crippen LogP) is 3.71. The maximum absolute atomic E-state index is 13.2. The Morgan fingerprint density at radius 1 is 1.00 bits per heavy atom. The first kappa shape index (κ1) is 25.6. The van der Waals surface area contributed by atoms with Crippen molar-refractivity contribution >= 4 is 11.8 Å². The van der Waals surface area contributed by atoms with Gasteiger partial charge in [-0.2, -0.15) is 0 Å². The number of hydrogen-bond acceptors (Lipinski definition) is 5. The molecule has 1 unspecified atom stereocenters. The van der Waals surface area contributed by atoms with Crippen LogP contribution in [0.3, 0.4) is 0 Å². The summed E-state index contributed by atoms with van der Waals surface area (Å²) in [6.45, 7) is 8.08. The molecule has 7 heteroatoms. The Hall–Kier alpha value is -3.06. The average Bonchev–Trinajstić information content (AvgIpc) is 2.86. The summed E-state index contributed by atoms with van der Waals surface area (Å²) in [4.78, 5) is 26.0. The number of ether oxygens (including phenoxy) is 3. The van der Waals surface area contributed by atoms with Crippen molar-refractivity contribution in [3.05, 3.63) is 59.7 Å². The molecule has 1 aliphatic rings. The van der Waals surface area contributed by atoms with Crippen LogP contribution in [0.25, 0.3) is 0 Å². The van der Waals surface area contributed by atoms with E-state index in [4.69, 9.17) is 14.2 Å². The third kappa shape index (κ3) is 6.29. The van der Waals surface area contributed by atoms with E-state index in [0.717, 1.165) is 24.2 Å². The van der Waals surface area contributed by atoms with Crippen molar-refractivity contribution in [1.82, 2.24) is 10.6 Å². The molecular formula is C27H36N2O5. The normalized spacial score (nSPS) is 15.9. The first-order valence-corrected chi connectivity index (χ1v) is 11.9. The molecule has 1 saturated heterocycles. The second kappa shape index (κ2) is 11.9. The van der Waals surface area contributed by atoms with Crippen LogP contribution in [-0.4, -0.2) is 51.3 Å². The Labute approximate surface area is 202 Å². The van der Waals surface area contributed by atoms with Gasteiger partial charge >= 0.3 is 0 Å². The summed E-state index contributed by atoms with van der Waals surface area (Å²) in [5.41, 5.74) is 1.42. The van der Waals surface area contributed by atoms with Crippen molar-refractivity contribution in [3.63, 3.8) is 0 Å². The van der Waals surface area contributed by atoms with Gasteiger partial charge < -0.3 is 24.8 Å². The third-order valence-electron chi connectivity index (χ3n) is 6.42. The van der Waals surface area contributed by atoms with Crippen LogP contribution in [-0.2, 0) is 14.9 Å². The summed E-state index contributed by atoms with van der Waals surface area (Å²) in [5, 5.41) is 6.03. The Morgan fingerprint density at radius 2 is 1.62 bits per heavy atom. The molecule has 0 spiro atoms. The fourth-order valence-electron chi connectivity index (χ4n) is 4.27. The van der Waals surface area contributed by atoms with Crippen molar-refractivity contribution in [2.75, 3.05) is 33.5 Å². The highest BCUT2D eigenvalue weighted by molar-refractivity contribution is 5.97. The lowest BCUT2D eigenvalue weighted by atomic mass is 9.74. The smallest absolute Gasteiger partial charge is 0.251 e. The van der Waals surface area contributed by atoms with Gasteiger partial charge in [-0.15, -0.1) is 0 Å². The summed E-state index contributed by atoms with van der Waals surface area (Å²) in [5.74, 6) is 0.962. The monoisotopic (exact) mass is 468 g/mol. The molecule has 0 bridgehead atoms. The van der Waals surface area contributed by atoms with E-state index in [1.807, 2.05) is 32.9 Å². The Morgan fingerprint density at radius 3 is 2.18 bits per heavy atom. The number of carbonyl (C=O) groups excluding carboxylic acids is 2. The fraction of sp³-hybridized carbons (Fsp3) is 0.481. The lowest BCUT2D eigenvalue weighted by molar-refractivity contribution is -0.124. The summed E-state index contributed by atoms with van der Waals surface area (Å²) in [7, 11) is 1.65. The highest BCUT2D eigenvalue weighted by atomic mass is 16.5. The molecule has 2 amide bonds. The highest BCUT2D eigenvalue weighted by Gasteiger charge is 2.36. The van der Waals surface area contributed by atoms with E-state index < -0.39 is 6.04 Å². The second-order valence-electron chi connectivity index (χ2n) is 8.99. The maximum atomic E-state index is 13.2. The number of carbonyl (C=O) groups is 2. The standard InChI is InChI=1S/C27H36N2O5/c1-5-34-23-10-6-20(7-11-23)25(30)29-24(19(2)3)26(31)28-18-27(14-16-33-17-15-27)21-8-12-22(32-4)13-9-21/h6-13,19,24H,5,14-18H2,1-4H3,(H,28,31)(H,29,30). The van der Waals surface area contributed by atoms with Crippen molar-refractivity contribution in [1.29, 1.82) is 0 Å². The number of rotatable bonds is 10.